The van der Waals surface area contributed by atoms with Crippen LogP contribution in [0.4, 0.5) is 5.13 Å². The third kappa shape index (κ3) is 2.63. The quantitative estimate of drug-likeness (QED) is 0.704. The first-order valence-electron chi connectivity index (χ1n) is 7.71. The number of carbonyl (C=O) groups excluding carboxylic acids is 1. The Labute approximate surface area is 144 Å². The van der Waals surface area contributed by atoms with Crippen LogP contribution in [0.3, 0.4) is 0 Å². The molecule has 0 atom stereocenters. The van der Waals surface area contributed by atoms with Crippen molar-refractivity contribution in [3.63, 3.8) is 0 Å². The van der Waals surface area contributed by atoms with Crippen LogP contribution < -0.4 is 5.01 Å². The molecule has 0 spiro atoms. The number of amides is 1. The molecule has 0 N–H and O–H groups in total. The smallest absolute Gasteiger partial charge is 0.255 e. The van der Waals surface area contributed by atoms with Gasteiger partial charge in [0.2, 0.25) is 5.13 Å². The number of nitrogens with zero attached hydrogens (tertiary/aromatic N) is 3. The predicted molar refractivity (Wildman–Crippen MR) is 98.2 cm³/mol. The van der Waals surface area contributed by atoms with Crippen molar-refractivity contribution in [1.29, 1.82) is 0 Å². The van der Waals surface area contributed by atoms with Crippen LogP contribution in [0.2, 0.25) is 0 Å². The van der Waals surface area contributed by atoms with Crippen LogP contribution in [-0.4, -0.2) is 16.6 Å². The molecule has 4 rings (SSSR count). The summed E-state index contributed by atoms with van der Waals surface area (Å²) in [7, 11) is 0. The number of carbonyl (C=O) groups is 1. The molecule has 1 aliphatic heterocycles. The number of rotatable bonds is 3. The molecule has 0 radical (unpaired) electrons. The van der Waals surface area contributed by atoms with Crippen LogP contribution in [0.1, 0.15) is 13.3 Å². The maximum absolute atomic E-state index is 12.2. The highest BCUT2D eigenvalue weighted by atomic mass is 32.1. The van der Waals surface area contributed by atoms with E-state index >= 15 is 0 Å². The van der Waals surface area contributed by atoms with Crippen molar-refractivity contribution in [2.75, 3.05) is 5.01 Å². The van der Waals surface area contributed by atoms with Crippen molar-refractivity contribution < 1.29 is 4.79 Å². The Balaban J connectivity index is 1.87. The Morgan fingerprint density at radius 2 is 1.58 bits per heavy atom. The zero-order valence-electron chi connectivity index (χ0n) is 13.1. The molecule has 0 saturated carbocycles. The lowest BCUT2D eigenvalue weighted by atomic mass is 10.1. The third-order valence-electron chi connectivity index (χ3n) is 3.79. The lowest BCUT2D eigenvalue weighted by Crippen LogP contribution is -2.19. The number of benzene rings is 2. The van der Waals surface area contributed by atoms with Gasteiger partial charge in [-0.25, -0.2) is 4.98 Å². The maximum atomic E-state index is 12.2. The summed E-state index contributed by atoms with van der Waals surface area (Å²) in [5, 5.41) is 6.38. The van der Waals surface area contributed by atoms with E-state index in [1.165, 1.54) is 16.3 Å². The molecular formula is C19H15N3OS. The van der Waals surface area contributed by atoms with Gasteiger partial charge in [0.1, 0.15) is 0 Å². The lowest BCUT2D eigenvalue weighted by molar-refractivity contribution is -0.116. The Hall–Kier alpha value is -2.79. The molecule has 1 aliphatic rings. The molecule has 24 heavy (non-hydrogen) atoms. The van der Waals surface area contributed by atoms with Crippen molar-refractivity contribution >= 4 is 28.1 Å². The standard InChI is InChI=1S/C19H15N3OS/c1-13-12-16(23)22(21-13)19-20-17(14-8-4-2-5-9-14)18(24-19)15-10-6-3-7-11-15/h2-11H,12H2,1H3. The second-order valence-corrected chi connectivity index (χ2v) is 6.60. The molecule has 118 valence electrons. The van der Waals surface area contributed by atoms with E-state index < -0.39 is 0 Å². The van der Waals surface area contributed by atoms with Crippen molar-refractivity contribution in [3.8, 4) is 21.7 Å². The monoisotopic (exact) mass is 333 g/mol. The normalized spacial score (nSPS) is 14.1. The van der Waals surface area contributed by atoms with Gasteiger partial charge in [0.15, 0.2) is 0 Å². The van der Waals surface area contributed by atoms with Gasteiger partial charge in [-0.15, -0.1) is 0 Å². The van der Waals surface area contributed by atoms with Gasteiger partial charge in [-0.1, -0.05) is 72.0 Å². The maximum Gasteiger partial charge on any atom is 0.255 e. The van der Waals surface area contributed by atoms with E-state index in [1.807, 2.05) is 55.5 Å². The van der Waals surface area contributed by atoms with Gasteiger partial charge in [0, 0.05) is 11.3 Å². The Morgan fingerprint density at radius 3 is 2.17 bits per heavy atom. The van der Waals surface area contributed by atoms with Crippen LogP contribution in [0.25, 0.3) is 21.7 Å². The van der Waals surface area contributed by atoms with Crippen LogP contribution in [-0.2, 0) is 4.79 Å². The molecule has 0 saturated heterocycles. The van der Waals surface area contributed by atoms with E-state index in [9.17, 15) is 4.79 Å². The number of hydrogen-bond acceptors (Lipinski definition) is 4. The summed E-state index contributed by atoms with van der Waals surface area (Å²) < 4.78 is 0. The predicted octanol–water partition coefficient (Wildman–Crippen LogP) is 4.59. The van der Waals surface area contributed by atoms with Gasteiger partial charge < -0.3 is 0 Å². The fourth-order valence-corrected chi connectivity index (χ4v) is 3.74. The van der Waals surface area contributed by atoms with Gasteiger partial charge in [-0.3, -0.25) is 4.79 Å². The van der Waals surface area contributed by atoms with E-state index in [-0.39, 0.29) is 5.91 Å². The lowest BCUT2D eigenvalue weighted by Gasteiger charge is -2.05. The van der Waals surface area contributed by atoms with Gasteiger partial charge in [-0.05, 0) is 12.5 Å². The summed E-state index contributed by atoms with van der Waals surface area (Å²) in [6.07, 6.45) is 0.362. The minimum Gasteiger partial charge on any atom is -0.272 e. The molecule has 0 unspecified atom stereocenters. The van der Waals surface area contributed by atoms with Gasteiger partial charge >= 0.3 is 0 Å². The molecular weight excluding hydrogens is 318 g/mol. The average molecular weight is 333 g/mol. The summed E-state index contributed by atoms with van der Waals surface area (Å²) in [4.78, 5) is 17.9. The van der Waals surface area contributed by atoms with Crippen LogP contribution in [0, 0.1) is 0 Å². The summed E-state index contributed by atoms with van der Waals surface area (Å²) in [6.45, 7) is 1.86. The van der Waals surface area contributed by atoms with Crippen molar-refractivity contribution in [2.24, 2.45) is 5.10 Å². The number of aromatic nitrogens is 1. The molecule has 3 aromatic rings. The highest BCUT2D eigenvalue weighted by Crippen LogP contribution is 2.41. The molecule has 1 aromatic heterocycles. The number of anilines is 1. The van der Waals surface area contributed by atoms with E-state index in [1.54, 1.807) is 0 Å². The second kappa shape index (κ2) is 6.02. The average Bonchev–Trinajstić information content (AvgIpc) is 3.19. The highest BCUT2D eigenvalue weighted by Gasteiger charge is 2.27. The van der Waals surface area contributed by atoms with Crippen LogP contribution >= 0.6 is 11.3 Å². The zero-order chi connectivity index (χ0) is 16.5. The van der Waals surface area contributed by atoms with Gasteiger partial charge in [0.05, 0.1) is 17.0 Å². The summed E-state index contributed by atoms with van der Waals surface area (Å²) in [6, 6.07) is 20.2. The van der Waals surface area contributed by atoms with E-state index in [0.717, 1.165) is 27.4 Å². The first kappa shape index (κ1) is 14.8. The molecule has 1 amide bonds. The molecule has 0 bridgehead atoms. The summed E-state index contributed by atoms with van der Waals surface area (Å²) in [5.41, 5.74) is 3.82. The molecule has 0 aliphatic carbocycles. The SMILES string of the molecule is CC1=NN(c2nc(-c3ccccc3)c(-c3ccccc3)s2)C(=O)C1. The number of thiazole rings is 1. The fraction of sp³-hybridized carbons (Fsp3) is 0.105. The summed E-state index contributed by atoms with van der Waals surface area (Å²) in [5.74, 6) is -0.0273. The molecule has 2 heterocycles. The molecule has 0 fully saturated rings. The topological polar surface area (TPSA) is 45.6 Å². The molecule has 4 nitrogen and oxygen atoms in total. The Bertz CT molecular complexity index is 859. The van der Waals surface area contributed by atoms with Gasteiger partial charge in [0.25, 0.3) is 5.91 Å². The number of hydrogen-bond donors (Lipinski definition) is 0. The van der Waals surface area contributed by atoms with E-state index in [4.69, 9.17) is 4.98 Å². The van der Waals surface area contributed by atoms with E-state index in [2.05, 4.69) is 17.2 Å². The van der Waals surface area contributed by atoms with Crippen molar-refractivity contribution in [3.05, 3.63) is 60.7 Å². The Morgan fingerprint density at radius 1 is 0.958 bits per heavy atom. The molecule has 5 heteroatoms. The van der Waals surface area contributed by atoms with Crippen LogP contribution in [0.15, 0.2) is 65.8 Å². The molecule has 2 aromatic carbocycles. The van der Waals surface area contributed by atoms with Crippen molar-refractivity contribution in [1.82, 2.24) is 4.98 Å². The van der Waals surface area contributed by atoms with E-state index in [0.29, 0.717) is 11.6 Å². The number of hydrazone groups is 1. The minimum absolute atomic E-state index is 0.0273. The largest absolute Gasteiger partial charge is 0.272 e. The Kier molecular flexibility index (Phi) is 3.70. The minimum atomic E-state index is -0.0273. The van der Waals surface area contributed by atoms with Gasteiger partial charge in [-0.2, -0.15) is 10.1 Å². The highest BCUT2D eigenvalue weighted by molar-refractivity contribution is 7.19. The third-order valence-corrected chi connectivity index (χ3v) is 4.87. The first-order valence-corrected chi connectivity index (χ1v) is 8.53. The van der Waals surface area contributed by atoms with Crippen LogP contribution in [0.5, 0.6) is 0 Å². The second-order valence-electron chi connectivity index (χ2n) is 5.62. The summed E-state index contributed by atoms with van der Waals surface area (Å²) >= 11 is 1.50. The fourth-order valence-electron chi connectivity index (χ4n) is 2.68. The van der Waals surface area contributed by atoms with Crippen molar-refractivity contribution in [2.45, 2.75) is 13.3 Å². The zero-order valence-corrected chi connectivity index (χ0v) is 14.0. The first-order chi connectivity index (χ1) is 11.7.